The number of carboxylic acids is 1. The van der Waals surface area contributed by atoms with E-state index in [1.807, 2.05) is 0 Å². The second kappa shape index (κ2) is 5.67. The fourth-order valence-electron chi connectivity index (χ4n) is 1.85. The number of amides is 1. The molecule has 100 valence electrons. The molecule has 19 heavy (non-hydrogen) atoms. The third-order valence-corrected chi connectivity index (χ3v) is 3.20. The highest BCUT2D eigenvalue weighted by molar-refractivity contribution is 5.96. The summed E-state index contributed by atoms with van der Waals surface area (Å²) in [7, 11) is 0. The second-order valence-corrected chi connectivity index (χ2v) is 4.49. The highest BCUT2D eigenvalue weighted by Gasteiger charge is 2.24. The molecule has 0 aliphatic carbocycles. The quantitative estimate of drug-likeness (QED) is 0.701. The van der Waals surface area contributed by atoms with E-state index in [-0.39, 0.29) is 5.91 Å². The van der Waals surface area contributed by atoms with Crippen molar-refractivity contribution in [3.05, 3.63) is 47.0 Å². The standard InChI is InChI=1S/C14H16N2O3/c1-9(11-7-15-8-11)13(17)16-12(14(18)19)10-5-3-2-4-6-10/h2-6,12,15H,7-8H2,1H3,(H,16,17)(H,18,19). The van der Waals surface area contributed by atoms with Crippen LogP contribution in [-0.4, -0.2) is 30.1 Å². The van der Waals surface area contributed by atoms with Gasteiger partial charge in [0, 0.05) is 18.7 Å². The maximum Gasteiger partial charge on any atom is 0.330 e. The molecule has 1 fully saturated rings. The van der Waals surface area contributed by atoms with Gasteiger partial charge in [0.2, 0.25) is 5.91 Å². The normalized spacial score (nSPS) is 15.3. The van der Waals surface area contributed by atoms with Gasteiger partial charge in [-0.15, -0.1) is 0 Å². The van der Waals surface area contributed by atoms with E-state index < -0.39 is 12.0 Å². The lowest BCUT2D eigenvalue weighted by molar-refractivity contribution is -0.141. The summed E-state index contributed by atoms with van der Waals surface area (Å²) in [5.41, 5.74) is 2.18. The molecule has 0 saturated carbocycles. The monoisotopic (exact) mass is 260 g/mol. The van der Waals surface area contributed by atoms with E-state index in [9.17, 15) is 14.7 Å². The first-order valence-corrected chi connectivity index (χ1v) is 6.07. The van der Waals surface area contributed by atoms with Gasteiger partial charge in [0.15, 0.2) is 6.04 Å². The molecule has 1 aliphatic heterocycles. The Morgan fingerprint density at radius 3 is 2.37 bits per heavy atom. The molecule has 1 aliphatic rings. The number of hydrogen-bond donors (Lipinski definition) is 3. The van der Waals surface area contributed by atoms with Gasteiger partial charge in [-0.05, 0) is 18.1 Å². The average molecular weight is 260 g/mol. The molecule has 3 N–H and O–H groups in total. The molecule has 0 aromatic heterocycles. The number of carboxylic acid groups (broad SMARTS) is 1. The Kier molecular flexibility index (Phi) is 3.97. The van der Waals surface area contributed by atoms with E-state index in [0.29, 0.717) is 24.2 Å². The van der Waals surface area contributed by atoms with Gasteiger partial charge in [-0.2, -0.15) is 0 Å². The zero-order valence-corrected chi connectivity index (χ0v) is 10.6. The predicted molar refractivity (Wildman–Crippen MR) is 70.5 cm³/mol. The first-order valence-electron chi connectivity index (χ1n) is 6.07. The van der Waals surface area contributed by atoms with E-state index >= 15 is 0 Å². The van der Waals surface area contributed by atoms with Gasteiger partial charge in [0.05, 0.1) is 0 Å². The lowest BCUT2D eigenvalue weighted by Gasteiger charge is -2.22. The maximum atomic E-state index is 12.0. The Balaban J connectivity index is 2.14. The molecule has 1 aromatic rings. The lowest BCUT2D eigenvalue weighted by atomic mass is 10.0. The first kappa shape index (κ1) is 13.3. The van der Waals surface area contributed by atoms with Gasteiger partial charge >= 0.3 is 5.97 Å². The minimum absolute atomic E-state index is 0.326. The van der Waals surface area contributed by atoms with Crippen molar-refractivity contribution in [2.45, 2.75) is 13.0 Å². The Labute approximate surface area is 111 Å². The van der Waals surface area contributed by atoms with E-state index in [0.717, 1.165) is 5.57 Å². The fourth-order valence-corrected chi connectivity index (χ4v) is 1.85. The molecule has 1 unspecified atom stereocenters. The van der Waals surface area contributed by atoms with Crippen molar-refractivity contribution < 1.29 is 14.7 Å². The van der Waals surface area contributed by atoms with Crippen LogP contribution in [0.4, 0.5) is 0 Å². The third kappa shape index (κ3) is 3.00. The van der Waals surface area contributed by atoms with E-state index in [4.69, 9.17) is 0 Å². The van der Waals surface area contributed by atoms with Gasteiger partial charge in [0.25, 0.3) is 0 Å². The molecule has 2 rings (SSSR count). The molecule has 0 spiro atoms. The summed E-state index contributed by atoms with van der Waals surface area (Å²) in [6.07, 6.45) is 0. The summed E-state index contributed by atoms with van der Waals surface area (Å²) in [5.74, 6) is -1.39. The summed E-state index contributed by atoms with van der Waals surface area (Å²) in [6.45, 7) is 3.11. The number of nitrogens with one attached hydrogen (secondary N) is 2. The minimum atomic E-state index is -1.07. The van der Waals surface area contributed by atoms with Crippen LogP contribution in [0.5, 0.6) is 0 Å². The molecule has 1 heterocycles. The number of aliphatic carboxylic acids is 1. The Hall–Kier alpha value is -2.14. The van der Waals surface area contributed by atoms with Crippen LogP contribution in [0.15, 0.2) is 41.5 Å². The predicted octanol–water partition coefficient (Wildman–Crippen LogP) is 0.848. The zero-order valence-electron chi connectivity index (χ0n) is 10.6. The summed E-state index contributed by atoms with van der Waals surface area (Å²) < 4.78 is 0. The van der Waals surface area contributed by atoms with Gasteiger partial charge in [-0.3, -0.25) is 4.79 Å². The molecule has 1 saturated heterocycles. The summed E-state index contributed by atoms with van der Waals surface area (Å²) in [4.78, 5) is 23.3. The van der Waals surface area contributed by atoms with Gasteiger partial charge in [-0.25, -0.2) is 4.79 Å². The van der Waals surface area contributed by atoms with Crippen molar-refractivity contribution in [2.24, 2.45) is 0 Å². The molecule has 1 atom stereocenters. The molecular weight excluding hydrogens is 244 g/mol. The smallest absolute Gasteiger partial charge is 0.330 e. The third-order valence-electron chi connectivity index (χ3n) is 3.20. The maximum absolute atomic E-state index is 12.0. The molecule has 1 amide bonds. The van der Waals surface area contributed by atoms with Crippen LogP contribution in [0, 0.1) is 0 Å². The van der Waals surface area contributed by atoms with E-state index in [2.05, 4.69) is 10.6 Å². The van der Waals surface area contributed by atoms with Crippen molar-refractivity contribution >= 4 is 11.9 Å². The lowest BCUT2D eigenvalue weighted by Crippen LogP contribution is -2.39. The SMILES string of the molecule is CC(C(=O)NC(C(=O)O)c1ccccc1)=C1CNC1. The van der Waals surface area contributed by atoms with Crippen molar-refractivity contribution in [1.29, 1.82) is 0 Å². The zero-order chi connectivity index (χ0) is 13.8. The van der Waals surface area contributed by atoms with Crippen LogP contribution < -0.4 is 10.6 Å². The largest absolute Gasteiger partial charge is 0.479 e. The van der Waals surface area contributed by atoms with Gasteiger partial charge in [-0.1, -0.05) is 30.3 Å². The number of hydrogen-bond acceptors (Lipinski definition) is 3. The van der Waals surface area contributed by atoms with Crippen molar-refractivity contribution in [2.75, 3.05) is 13.1 Å². The van der Waals surface area contributed by atoms with Crippen LogP contribution in [-0.2, 0) is 9.59 Å². The van der Waals surface area contributed by atoms with Crippen LogP contribution in [0.1, 0.15) is 18.5 Å². The number of carbonyl (C=O) groups excluding carboxylic acids is 1. The van der Waals surface area contributed by atoms with Crippen LogP contribution in [0.2, 0.25) is 0 Å². The molecule has 5 nitrogen and oxygen atoms in total. The molecule has 5 heteroatoms. The van der Waals surface area contributed by atoms with Crippen LogP contribution in [0.3, 0.4) is 0 Å². The Bertz CT molecular complexity index is 517. The second-order valence-electron chi connectivity index (χ2n) is 4.49. The average Bonchev–Trinajstić information content (AvgIpc) is 2.34. The Morgan fingerprint density at radius 2 is 1.89 bits per heavy atom. The van der Waals surface area contributed by atoms with Crippen molar-refractivity contribution in [3.8, 4) is 0 Å². The highest BCUT2D eigenvalue weighted by Crippen LogP contribution is 2.15. The summed E-state index contributed by atoms with van der Waals surface area (Å²) in [6, 6.07) is 7.66. The molecule has 0 radical (unpaired) electrons. The van der Waals surface area contributed by atoms with Crippen molar-refractivity contribution in [3.63, 3.8) is 0 Å². The molecule has 0 bridgehead atoms. The van der Waals surface area contributed by atoms with Crippen molar-refractivity contribution in [1.82, 2.24) is 10.6 Å². The van der Waals surface area contributed by atoms with Crippen LogP contribution in [0.25, 0.3) is 0 Å². The van der Waals surface area contributed by atoms with Gasteiger partial charge in [0.1, 0.15) is 0 Å². The van der Waals surface area contributed by atoms with Crippen LogP contribution >= 0.6 is 0 Å². The summed E-state index contributed by atoms with van der Waals surface area (Å²) in [5, 5.41) is 14.8. The first-order chi connectivity index (χ1) is 9.09. The molecular formula is C14H16N2O3. The number of carbonyl (C=O) groups is 2. The fraction of sp³-hybridized carbons (Fsp3) is 0.286. The molecule has 1 aromatic carbocycles. The number of rotatable bonds is 4. The van der Waals surface area contributed by atoms with E-state index in [1.54, 1.807) is 37.3 Å². The number of benzene rings is 1. The Morgan fingerprint density at radius 1 is 1.26 bits per heavy atom. The van der Waals surface area contributed by atoms with E-state index in [1.165, 1.54) is 0 Å². The topological polar surface area (TPSA) is 78.4 Å². The summed E-state index contributed by atoms with van der Waals surface area (Å²) >= 11 is 0. The minimum Gasteiger partial charge on any atom is -0.479 e. The highest BCUT2D eigenvalue weighted by atomic mass is 16.4. The van der Waals surface area contributed by atoms with Gasteiger partial charge < -0.3 is 15.7 Å².